The minimum Gasteiger partial charge on any atom is -0.486 e. The lowest BCUT2D eigenvalue weighted by atomic mass is 10.1. The highest BCUT2D eigenvalue weighted by Crippen LogP contribution is 2.24. The highest BCUT2D eigenvalue weighted by Gasteiger charge is 2.17. The van der Waals surface area contributed by atoms with Crippen LogP contribution in [0.2, 0.25) is 5.02 Å². The van der Waals surface area contributed by atoms with E-state index in [1.54, 1.807) is 30.5 Å². The number of anilines is 1. The molecule has 4 rings (SSSR count). The third-order valence-corrected chi connectivity index (χ3v) is 6.42. The molecular formula is C25H25ClN4O3S. The lowest BCUT2D eigenvalue weighted by Crippen LogP contribution is -2.17. The minimum atomic E-state index is -0.0967. The number of para-hydroxylation sites is 1. The van der Waals surface area contributed by atoms with Gasteiger partial charge in [-0.05, 0) is 60.9 Å². The molecule has 7 nitrogen and oxygen atoms in total. The molecule has 9 heteroatoms. The van der Waals surface area contributed by atoms with Crippen LogP contribution in [0.4, 0.5) is 5.69 Å². The molecule has 0 aliphatic heterocycles. The van der Waals surface area contributed by atoms with Gasteiger partial charge in [0, 0.05) is 10.7 Å². The number of thioether (sulfide) groups is 1. The van der Waals surface area contributed by atoms with Crippen molar-refractivity contribution in [2.24, 2.45) is 0 Å². The fourth-order valence-corrected chi connectivity index (χ4v) is 4.32. The molecule has 0 radical (unpaired) electrons. The Labute approximate surface area is 207 Å². The van der Waals surface area contributed by atoms with Gasteiger partial charge in [0.05, 0.1) is 18.6 Å². The lowest BCUT2D eigenvalue weighted by Gasteiger charge is -2.13. The second-order valence-corrected chi connectivity index (χ2v) is 8.99. The summed E-state index contributed by atoms with van der Waals surface area (Å²) in [4.78, 5) is 12.7. The Morgan fingerprint density at radius 3 is 2.71 bits per heavy atom. The Balaban J connectivity index is 1.46. The lowest BCUT2D eigenvalue weighted by molar-refractivity contribution is -0.113. The largest absolute Gasteiger partial charge is 0.486 e. The van der Waals surface area contributed by atoms with Gasteiger partial charge < -0.3 is 14.5 Å². The summed E-state index contributed by atoms with van der Waals surface area (Å²) in [5, 5.41) is 12.9. The van der Waals surface area contributed by atoms with E-state index in [1.807, 2.05) is 41.8 Å². The topological polar surface area (TPSA) is 82.2 Å². The molecule has 34 heavy (non-hydrogen) atoms. The smallest absolute Gasteiger partial charge is 0.234 e. The average molecular weight is 497 g/mol. The van der Waals surface area contributed by atoms with Gasteiger partial charge in [-0.15, -0.1) is 10.2 Å². The first-order chi connectivity index (χ1) is 16.5. The Morgan fingerprint density at radius 2 is 1.97 bits per heavy atom. The third kappa shape index (κ3) is 6.01. The van der Waals surface area contributed by atoms with E-state index < -0.39 is 0 Å². The summed E-state index contributed by atoms with van der Waals surface area (Å²) < 4.78 is 13.3. The molecule has 0 saturated heterocycles. The molecule has 0 unspecified atom stereocenters. The third-order valence-electron chi connectivity index (χ3n) is 5.21. The van der Waals surface area contributed by atoms with E-state index in [0.717, 1.165) is 29.0 Å². The maximum atomic E-state index is 12.7. The molecule has 1 amide bonds. The second kappa shape index (κ2) is 11.3. The summed E-state index contributed by atoms with van der Waals surface area (Å²) in [5.74, 6) is 2.16. The number of nitrogens with one attached hydrogen (secondary N) is 1. The molecule has 1 N–H and O–H groups in total. The summed E-state index contributed by atoms with van der Waals surface area (Å²) >= 11 is 7.27. The van der Waals surface area contributed by atoms with E-state index in [9.17, 15) is 4.79 Å². The standard InChI is InChI=1S/C25H25ClN4O3S/c1-3-18-7-4-6-17(2)24(18)27-23(31)16-34-25-29-28-22(30(25)14-21-8-5-13-32-21)15-33-20-11-9-19(26)10-12-20/h4-13H,3,14-16H2,1-2H3,(H,27,31). The summed E-state index contributed by atoms with van der Waals surface area (Å²) in [6, 6.07) is 16.9. The number of amides is 1. The maximum absolute atomic E-state index is 12.7. The van der Waals surface area contributed by atoms with Crippen molar-refractivity contribution in [2.45, 2.75) is 38.6 Å². The predicted octanol–water partition coefficient (Wildman–Crippen LogP) is 5.75. The van der Waals surface area contributed by atoms with Crippen molar-refractivity contribution >= 4 is 35.0 Å². The molecule has 0 saturated carbocycles. The molecule has 2 aromatic carbocycles. The molecule has 2 heterocycles. The van der Waals surface area contributed by atoms with Gasteiger partial charge in [0.25, 0.3) is 0 Å². The highest BCUT2D eigenvalue weighted by molar-refractivity contribution is 7.99. The molecule has 4 aromatic rings. The van der Waals surface area contributed by atoms with Gasteiger partial charge in [0.15, 0.2) is 11.0 Å². The fourth-order valence-electron chi connectivity index (χ4n) is 3.44. The summed E-state index contributed by atoms with van der Waals surface area (Å²) in [6.45, 7) is 4.71. The highest BCUT2D eigenvalue weighted by atomic mass is 35.5. The van der Waals surface area contributed by atoms with Crippen LogP contribution in [0.3, 0.4) is 0 Å². The first kappa shape index (κ1) is 23.9. The number of carbonyl (C=O) groups is 1. The number of furan rings is 1. The predicted molar refractivity (Wildman–Crippen MR) is 134 cm³/mol. The maximum Gasteiger partial charge on any atom is 0.234 e. The van der Waals surface area contributed by atoms with E-state index in [1.165, 1.54) is 11.8 Å². The molecule has 0 aliphatic carbocycles. The number of nitrogens with zero attached hydrogens (tertiary/aromatic N) is 3. The summed E-state index contributed by atoms with van der Waals surface area (Å²) in [6.07, 6.45) is 2.47. The van der Waals surface area contributed by atoms with Crippen LogP contribution in [0.25, 0.3) is 0 Å². The number of carbonyl (C=O) groups excluding carboxylic acids is 1. The van der Waals surface area contributed by atoms with Crippen molar-refractivity contribution in [3.8, 4) is 5.75 Å². The van der Waals surface area contributed by atoms with Crippen LogP contribution in [0.5, 0.6) is 5.75 Å². The van der Waals surface area contributed by atoms with Gasteiger partial charge in [-0.25, -0.2) is 0 Å². The molecule has 0 aliphatic rings. The first-order valence-corrected chi connectivity index (χ1v) is 12.2. The van der Waals surface area contributed by atoms with Crippen LogP contribution < -0.4 is 10.1 Å². The van der Waals surface area contributed by atoms with Crippen molar-refractivity contribution in [1.29, 1.82) is 0 Å². The Morgan fingerprint density at radius 1 is 1.15 bits per heavy atom. The molecular weight excluding hydrogens is 472 g/mol. The number of aromatic nitrogens is 3. The van der Waals surface area contributed by atoms with Crippen molar-refractivity contribution in [1.82, 2.24) is 14.8 Å². The SMILES string of the molecule is CCc1cccc(C)c1NC(=O)CSc1nnc(COc2ccc(Cl)cc2)n1Cc1ccco1. The number of halogens is 1. The second-order valence-electron chi connectivity index (χ2n) is 7.61. The quantitative estimate of drug-likeness (QED) is 0.281. The first-order valence-electron chi connectivity index (χ1n) is 10.9. The monoisotopic (exact) mass is 496 g/mol. The van der Waals surface area contributed by atoms with E-state index in [0.29, 0.717) is 28.3 Å². The number of rotatable bonds is 10. The molecule has 2 aromatic heterocycles. The zero-order valence-electron chi connectivity index (χ0n) is 19.0. The zero-order valence-corrected chi connectivity index (χ0v) is 20.5. The summed E-state index contributed by atoms with van der Waals surface area (Å²) in [7, 11) is 0. The Kier molecular flexibility index (Phi) is 7.92. The van der Waals surface area contributed by atoms with Crippen LogP contribution in [-0.2, 0) is 24.4 Å². The Hall–Kier alpha value is -3.23. The van der Waals surface area contributed by atoms with Crippen molar-refractivity contribution in [3.05, 3.63) is 88.6 Å². The van der Waals surface area contributed by atoms with Gasteiger partial charge in [0.2, 0.25) is 5.91 Å². The molecule has 176 valence electrons. The van der Waals surface area contributed by atoms with Crippen LogP contribution >= 0.6 is 23.4 Å². The van der Waals surface area contributed by atoms with Crippen LogP contribution in [0.15, 0.2) is 70.4 Å². The molecule has 0 atom stereocenters. The van der Waals surface area contributed by atoms with E-state index in [2.05, 4.69) is 22.4 Å². The fraction of sp³-hybridized carbons (Fsp3) is 0.240. The van der Waals surface area contributed by atoms with Gasteiger partial charge in [-0.2, -0.15) is 0 Å². The normalized spacial score (nSPS) is 10.9. The van der Waals surface area contributed by atoms with Crippen LogP contribution in [-0.4, -0.2) is 26.4 Å². The van der Waals surface area contributed by atoms with Crippen molar-refractivity contribution < 1.29 is 13.9 Å². The van der Waals surface area contributed by atoms with E-state index in [-0.39, 0.29) is 18.3 Å². The average Bonchev–Trinajstić information content (AvgIpc) is 3.49. The number of benzene rings is 2. The van der Waals surface area contributed by atoms with Gasteiger partial charge in [0.1, 0.15) is 18.1 Å². The molecule has 0 spiro atoms. The number of hydrogen-bond donors (Lipinski definition) is 1. The van der Waals surface area contributed by atoms with Gasteiger partial charge in [-0.1, -0.05) is 48.5 Å². The van der Waals surface area contributed by atoms with E-state index >= 15 is 0 Å². The number of aryl methyl sites for hydroxylation is 2. The van der Waals surface area contributed by atoms with Crippen molar-refractivity contribution in [3.63, 3.8) is 0 Å². The number of ether oxygens (including phenoxy) is 1. The minimum absolute atomic E-state index is 0.0967. The summed E-state index contributed by atoms with van der Waals surface area (Å²) in [5.41, 5.74) is 3.03. The van der Waals surface area contributed by atoms with E-state index in [4.69, 9.17) is 20.8 Å². The Bertz CT molecular complexity index is 1240. The van der Waals surface area contributed by atoms with Crippen LogP contribution in [0.1, 0.15) is 29.6 Å². The van der Waals surface area contributed by atoms with Crippen molar-refractivity contribution in [2.75, 3.05) is 11.1 Å². The van der Waals surface area contributed by atoms with Crippen LogP contribution in [0, 0.1) is 6.92 Å². The zero-order chi connectivity index (χ0) is 23.9. The molecule has 0 fully saturated rings. The molecule has 0 bridgehead atoms. The van der Waals surface area contributed by atoms with Gasteiger partial charge in [-0.3, -0.25) is 9.36 Å². The van der Waals surface area contributed by atoms with Gasteiger partial charge >= 0.3 is 0 Å². The number of hydrogen-bond acceptors (Lipinski definition) is 6.